The van der Waals surface area contributed by atoms with Gasteiger partial charge in [0.25, 0.3) is 0 Å². The molecule has 0 saturated heterocycles. The van der Waals surface area contributed by atoms with Gasteiger partial charge in [-0.1, -0.05) is 17.8 Å². The van der Waals surface area contributed by atoms with Crippen LogP contribution in [-0.2, 0) is 13.0 Å². The van der Waals surface area contributed by atoms with Crippen molar-refractivity contribution in [3.05, 3.63) is 71.7 Å². The van der Waals surface area contributed by atoms with Crippen LogP contribution in [0.1, 0.15) is 11.3 Å². The number of aromatic amines is 1. The number of pyridine rings is 1. The Balaban J connectivity index is 1.45. The Morgan fingerprint density at radius 2 is 2.04 bits per heavy atom. The minimum absolute atomic E-state index is 0.610. The number of hydrogen-bond acceptors (Lipinski definition) is 7. The lowest BCUT2D eigenvalue weighted by Crippen LogP contribution is -2.10. The number of anilines is 3. The summed E-state index contributed by atoms with van der Waals surface area (Å²) in [6.07, 6.45) is 8.30. The van der Waals surface area contributed by atoms with Crippen LogP contribution in [-0.4, -0.2) is 25.1 Å². The normalized spacial score (nSPS) is 12.7. The molecule has 1 aliphatic rings. The molecule has 28 heavy (non-hydrogen) atoms. The minimum atomic E-state index is 0.610. The zero-order valence-electron chi connectivity index (χ0n) is 14.9. The van der Waals surface area contributed by atoms with Crippen molar-refractivity contribution in [1.29, 1.82) is 0 Å². The summed E-state index contributed by atoms with van der Waals surface area (Å²) >= 11 is 1.64. The molecule has 0 bridgehead atoms. The van der Waals surface area contributed by atoms with Gasteiger partial charge in [-0.3, -0.25) is 10.1 Å². The summed E-state index contributed by atoms with van der Waals surface area (Å²) in [6.45, 7) is 0.644. The van der Waals surface area contributed by atoms with E-state index in [-0.39, 0.29) is 0 Å². The summed E-state index contributed by atoms with van der Waals surface area (Å²) in [5.41, 5.74) is 4.12. The van der Waals surface area contributed by atoms with E-state index in [2.05, 4.69) is 43.4 Å². The largest absolute Gasteiger partial charge is 0.350 e. The molecule has 0 fully saturated rings. The summed E-state index contributed by atoms with van der Waals surface area (Å²) < 4.78 is 0. The Bertz CT molecular complexity index is 1150. The highest BCUT2D eigenvalue weighted by Gasteiger charge is 2.16. The average Bonchev–Trinajstić information content (AvgIpc) is 3.21. The number of nitrogens with one attached hydrogen (secondary N) is 3. The topological polar surface area (TPSA) is 91.4 Å². The van der Waals surface area contributed by atoms with Crippen LogP contribution in [0.5, 0.6) is 0 Å². The molecule has 0 atom stereocenters. The van der Waals surface area contributed by atoms with Crippen molar-refractivity contribution in [2.24, 2.45) is 0 Å². The number of benzene rings is 1. The molecule has 1 aliphatic heterocycles. The van der Waals surface area contributed by atoms with E-state index < -0.39 is 0 Å². The van der Waals surface area contributed by atoms with Crippen LogP contribution in [0, 0.1) is 0 Å². The van der Waals surface area contributed by atoms with Crippen LogP contribution in [0.3, 0.4) is 0 Å². The summed E-state index contributed by atoms with van der Waals surface area (Å²) in [4.78, 5) is 14.6. The quantitative estimate of drug-likeness (QED) is 0.471. The number of hydrogen-bond donors (Lipinski definition) is 3. The molecule has 4 heterocycles. The standard InChI is InChI=1S/C20H17N7S/c1-2-17-18(28-9-1)19(24-15-3-4-16-14(10-15)12-23-27-16)26-20(25-17)22-11-13-5-7-21-8-6-13/h1,3-10,12H,2,11H2,(H,23,27)(H2,22,24,25,26). The number of thioether (sulfide) groups is 1. The van der Waals surface area contributed by atoms with Crippen LogP contribution in [0.25, 0.3) is 10.9 Å². The molecule has 3 N–H and O–H groups in total. The second kappa shape index (κ2) is 7.32. The van der Waals surface area contributed by atoms with Gasteiger partial charge in [0.15, 0.2) is 0 Å². The van der Waals surface area contributed by atoms with E-state index in [1.807, 2.05) is 30.5 Å². The van der Waals surface area contributed by atoms with Gasteiger partial charge in [-0.2, -0.15) is 10.1 Å². The minimum Gasteiger partial charge on any atom is -0.350 e. The van der Waals surface area contributed by atoms with E-state index >= 15 is 0 Å². The molecule has 5 rings (SSSR count). The van der Waals surface area contributed by atoms with E-state index in [1.165, 1.54) is 0 Å². The number of allylic oxidation sites excluding steroid dienone is 1. The predicted octanol–water partition coefficient (Wildman–Crippen LogP) is 4.27. The van der Waals surface area contributed by atoms with Crippen molar-refractivity contribution in [1.82, 2.24) is 25.1 Å². The van der Waals surface area contributed by atoms with Gasteiger partial charge in [-0.05, 0) is 41.3 Å². The third kappa shape index (κ3) is 3.41. The SMILES string of the molecule is C1=CSc2c(nc(NCc3ccncc3)nc2Nc2ccc3[nH]ncc3c2)C1. The lowest BCUT2D eigenvalue weighted by Gasteiger charge is -2.17. The Morgan fingerprint density at radius 1 is 1.11 bits per heavy atom. The maximum Gasteiger partial charge on any atom is 0.225 e. The van der Waals surface area contributed by atoms with Gasteiger partial charge in [-0.25, -0.2) is 4.98 Å². The summed E-state index contributed by atoms with van der Waals surface area (Å²) in [5.74, 6) is 1.41. The molecule has 0 amide bonds. The van der Waals surface area contributed by atoms with Gasteiger partial charge >= 0.3 is 0 Å². The van der Waals surface area contributed by atoms with Crippen molar-refractivity contribution in [2.45, 2.75) is 17.9 Å². The molecule has 0 unspecified atom stereocenters. The van der Waals surface area contributed by atoms with Crippen LogP contribution < -0.4 is 10.6 Å². The molecule has 7 nitrogen and oxygen atoms in total. The fraction of sp³-hybridized carbons (Fsp3) is 0.100. The number of H-pyrrole nitrogens is 1. The first-order chi connectivity index (χ1) is 13.8. The first-order valence-corrected chi connectivity index (χ1v) is 9.79. The highest BCUT2D eigenvalue weighted by molar-refractivity contribution is 8.02. The van der Waals surface area contributed by atoms with E-state index in [1.54, 1.807) is 24.2 Å². The Labute approximate surface area is 165 Å². The molecule has 0 spiro atoms. The molecule has 8 heteroatoms. The number of rotatable bonds is 5. The number of aromatic nitrogens is 5. The van der Waals surface area contributed by atoms with Gasteiger partial charge in [0.2, 0.25) is 5.95 Å². The molecule has 0 aliphatic carbocycles. The Morgan fingerprint density at radius 3 is 2.96 bits per heavy atom. The molecule has 1 aromatic carbocycles. The third-order valence-corrected chi connectivity index (χ3v) is 5.43. The van der Waals surface area contributed by atoms with Crippen LogP contribution >= 0.6 is 11.8 Å². The molecular weight excluding hydrogens is 370 g/mol. The summed E-state index contributed by atoms with van der Waals surface area (Å²) in [7, 11) is 0. The molecule has 138 valence electrons. The second-order valence-corrected chi connectivity index (χ2v) is 7.29. The van der Waals surface area contributed by atoms with Gasteiger partial charge in [0.1, 0.15) is 5.82 Å². The van der Waals surface area contributed by atoms with E-state index in [0.717, 1.165) is 45.0 Å². The first kappa shape index (κ1) is 16.8. The Kier molecular flexibility index (Phi) is 4.38. The Hall–Kier alpha value is -3.39. The average molecular weight is 387 g/mol. The highest BCUT2D eigenvalue weighted by Crippen LogP contribution is 2.36. The van der Waals surface area contributed by atoms with Crippen molar-refractivity contribution in [2.75, 3.05) is 10.6 Å². The fourth-order valence-electron chi connectivity index (χ4n) is 3.04. The molecule has 3 aromatic heterocycles. The van der Waals surface area contributed by atoms with E-state index in [9.17, 15) is 0 Å². The third-order valence-electron chi connectivity index (χ3n) is 4.43. The first-order valence-electron chi connectivity index (χ1n) is 8.91. The van der Waals surface area contributed by atoms with Gasteiger partial charge in [-0.15, -0.1) is 0 Å². The molecular formula is C20H17N7S. The fourth-order valence-corrected chi connectivity index (χ4v) is 3.84. The van der Waals surface area contributed by atoms with E-state index in [4.69, 9.17) is 9.97 Å². The van der Waals surface area contributed by atoms with Crippen molar-refractivity contribution >= 4 is 40.1 Å². The maximum atomic E-state index is 4.74. The van der Waals surface area contributed by atoms with Crippen molar-refractivity contribution < 1.29 is 0 Å². The molecule has 4 aromatic rings. The van der Waals surface area contributed by atoms with Crippen LogP contribution in [0.15, 0.2) is 65.3 Å². The molecule has 0 radical (unpaired) electrons. The zero-order chi connectivity index (χ0) is 18.8. The van der Waals surface area contributed by atoms with Crippen LogP contribution in [0.4, 0.5) is 17.5 Å². The second-order valence-electron chi connectivity index (χ2n) is 6.37. The van der Waals surface area contributed by atoms with Crippen molar-refractivity contribution in [3.63, 3.8) is 0 Å². The van der Waals surface area contributed by atoms with Crippen LogP contribution in [0.2, 0.25) is 0 Å². The number of nitrogens with zero attached hydrogens (tertiary/aromatic N) is 4. The molecule has 0 saturated carbocycles. The monoisotopic (exact) mass is 387 g/mol. The highest BCUT2D eigenvalue weighted by atomic mass is 32.2. The zero-order valence-corrected chi connectivity index (χ0v) is 15.7. The van der Waals surface area contributed by atoms with Gasteiger partial charge < -0.3 is 10.6 Å². The van der Waals surface area contributed by atoms with Crippen molar-refractivity contribution in [3.8, 4) is 0 Å². The van der Waals surface area contributed by atoms with Gasteiger partial charge in [0, 0.05) is 36.4 Å². The lowest BCUT2D eigenvalue weighted by molar-refractivity contribution is 0.959. The number of fused-ring (bicyclic) bond motifs is 2. The summed E-state index contributed by atoms with van der Waals surface area (Å²) in [6, 6.07) is 10.0. The lowest BCUT2D eigenvalue weighted by atomic mass is 10.2. The van der Waals surface area contributed by atoms with Gasteiger partial charge in [0.05, 0.1) is 22.3 Å². The van der Waals surface area contributed by atoms with E-state index in [0.29, 0.717) is 12.5 Å². The maximum absolute atomic E-state index is 4.74. The predicted molar refractivity (Wildman–Crippen MR) is 112 cm³/mol. The smallest absolute Gasteiger partial charge is 0.225 e. The summed E-state index contributed by atoms with van der Waals surface area (Å²) in [5, 5.41) is 17.0.